The van der Waals surface area contributed by atoms with E-state index in [9.17, 15) is 0 Å². The Morgan fingerprint density at radius 3 is 1.35 bits per heavy atom. The third-order valence-corrected chi connectivity index (χ3v) is 13.3. The molecule has 0 fully saturated rings. The van der Waals surface area contributed by atoms with Gasteiger partial charge < -0.3 is 0 Å². The summed E-state index contributed by atoms with van der Waals surface area (Å²) in [6.07, 6.45) is 4.89. The van der Waals surface area contributed by atoms with Crippen molar-refractivity contribution in [1.82, 2.24) is 0 Å². The average molecular weight is 558 g/mol. The molecule has 0 aromatic heterocycles. The summed E-state index contributed by atoms with van der Waals surface area (Å²) in [5.74, 6) is 1.07. The Balaban J connectivity index is 1.87. The highest BCUT2D eigenvalue weighted by Gasteiger charge is 2.47. The predicted octanol–water partition coefficient (Wildman–Crippen LogP) is 9.95. The molecule has 0 N–H and O–H groups in total. The van der Waals surface area contributed by atoms with Gasteiger partial charge in [-0.2, -0.15) is 0 Å². The standard InChI is InChI=1S/C28H34Br2Si/c1-15(2)19-11-23-21(25(29)13-19)9-17(5)27(23)31(7,8)28-18(6)10-22-24(28)12-20(16(3)4)14-26(22)30/h9-16,27-28H,1-8H3. The van der Waals surface area contributed by atoms with Gasteiger partial charge in [-0.05, 0) is 71.2 Å². The maximum Gasteiger partial charge on any atom is 0.0722 e. The Morgan fingerprint density at radius 2 is 1.03 bits per heavy atom. The molecule has 0 spiro atoms. The summed E-state index contributed by atoms with van der Waals surface area (Å²) in [5.41, 5.74) is 12.9. The molecular formula is C28H34Br2Si. The highest BCUT2D eigenvalue weighted by atomic mass is 79.9. The molecule has 2 atom stereocenters. The number of hydrogen-bond acceptors (Lipinski definition) is 0. The van der Waals surface area contributed by atoms with Crippen molar-refractivity contribution in [2.45, 2.75) is 77.6 Å². The van der Waals surface area contributed by atoms with Crippen LogP contribution in [-0.2, 0) is 0 Å². The molecule has 2 unspecified atom stereocenters. The lowest BCUT2D eigenvalue weighted by atomic mass is 9.97. The maximum atomic E-state index is 3.90. The largest absolute Gasteiger partial charge is 0.0722 e. The van der Waals surface area contributed by atoms with E-state index >= 15 is 0 Å². The molecule has 164 valence electrons. The van der Waals surface area contributed by atoms with Crippen molar-refractivity contribution < 1.29 is 0 Å². The number of rotatable bonds is 4. The molecule has 0 amide bonds. The van der Waals surface area contributed by atoms with Crippen molar-refractivity contribution in [3.63, 3.8) is 0 Å². The lowest BCUT2D eigenvalue weighted by molar-refractivity contribution is 0.855. The first-order valence-electron chi connectivity index (χ1n) is 11.5. The van der Waals surface area contributed by atoms with Crippen LogP contribution in [0.15, 0.2) is 44.4 Å². The van der Waals surface area contributed by atoms with Crippen LogP contribution < -0.4 is 0 Å². The van der Waals surface area contributed by atoms with Crippen LogP contribution in [0.2, 0.25) is 13.1 Å². The molecular weight excluding hydrogens is 524 g/mol. The zero-order valence-electron chi connectivity index (χ0n) is 20.0. The molecule has 31 heavy (non-hydrogen) atoms. The van der Waals surface area contributed by atoms with E-state index in [-0.39, 0.29) is 0 Å². The fraction of sp³-hybridized carbons (Fsp3) is 0.429. The van der Waals surface area contributed by atoms with Crippen molar-refractivity contribution in [2.24, 2.45) is 0 Å². The average Bonchev–Trinajstić information content (AvgIpc) is 3.18. The molecule has 0 radical (unpaired) electrons. The van der Waals surface area contributed by atoms with Gasteiger partial charge in [0.25, 0.3) is 0 Å². The summed E-state index contributed by atoms with van der Waals surface area (Å²) < 4.78 is 2.51. The van der Waals surface area contributed by atoms with Gasteiger partial charge in [0, 0.05) is 20.0 Å². The summed E-state index contributed by atoms with van der Waals surface area (Å²) in [7, 11) is -1.81. The van der Waals surface area contributed by atoms with Gasteiger partial charge in [0.15, 0.2) is 0 Å². The first-order chi connectivity index (χ1) is 14.4. The molecule has 0 bridgehead atoms. The Labute approximate surface area is 206 Å². The van der Waals surface area contributed by atoms with Gasteiger partial charge in [-0.1, -0.05) is 108 Å². The molecule has 2 aromatic carbocycles. The Hall–Kier alpha value is -0.903. The van der Waals surface area contributed by atoms with Gasteiger partial charge in [0.2, 0.25) is 0 Å². The van der Waals surface area contributed by atoms with Crippen molar-refractivity contribution in [3.8, 4) is 0 Å². The van der Waals surface area contributed by atoms with Crippen LogP contribution in [-0.4, -0.2) is 8.07 Å². The van der Waals surface area contributed by atoms with Crippen LogP contribution in [0, 0.1) is 0 Å². The van der Waals surface area contributed by atoms with Gasteiger partial charge in [-0.15, -0.1) is 0 Å². The highest BCUT2D eigenvalue weighted by Crippen LogP contribution is 2.54. The molecule has 4 rings (SSSR count). The second-order valence-electron chi connectivity index (χ2n) is 10.8. The fourth-order valence-electron chi connectivity index (χ4n) is 6.03. The number of benzene rings is 2. The Kier molecular flexibility index (Phi) is 6.11. The lowest BCUT2D eigenvalue weighted by Gasteiger charge is -2.39. The summed E-state index contributed by atoms with van der Waals surface area (Å²) in [6.45, 7) is 19.1. The topological polar surface area (TPSA) is 0 Å². The van der Waals surface area contributed by atoms with E-state index in [2.05, 4.69) is 123 Å². The Morgan fingerprint density at radius 1 is 0.677 bits per heavy atom. The smallest absolute Gasteiger partial charge is 0.0679 e. The highest BCUT2D eigenvalue weighted by molar-refractivity contribution is 9.10. The minimum atomic E-state index is -1.81. The van der Waals surface area contributed by atoms with E-state index in [0.29, 0.717) is 22.9 Å². The van der Waals surface area contributed by atoms with Crippen LogP contribution in [0.1, 0.15) is 97.8 Å². The van der Waals surface area contributed by atoms with Crippen LogP contribution in [0.4, 0.5) is 0 Å². The molecule has 2 aliphatic carbocycles. The molecule has 3 heteroatoms. The minimum absolute atomic E-state index is 0.534. The SMILES string of the molecule is CC1=Cc2c(Br)cc(C(C)C)cc2C1[Si](C)(C)C1C(C)=Cc2c(Br)cc(C(C)C)cc21. The third-order valence-electron chi connectivity index (χ3n) is 7.47. The van der Waals surface area contributed by atoms with Gasteiger partial charge in [0.1, 0.15) is 0 Å². The second kappa shape index (κ2) is 8.15. The predicted molar refractivity (Wildman–Crippen MR) is 147 cm³/mol. The number of hydrogen-bond donors (Lipinski definition) is 0. The number of allylic oxidation sites excluding steroid dienone is 2. The first kappa shape index (κ1) is 23.3. The molecule has 0 aliphatic heterocycles. The summed E-state index contributed by atoms with van der Waals surface area (Å²) in [4.78, 5) is 0. The van der Waals surface area contributed by atoms with Crippen LogP contribution in [0.25, 0.3) is 12.2 Å². The zero-order valence-corrected chi connectivity index (χ0v) is 24.2. The van der Waals surface area contributed by atoms with Gasteiger partial charge >= 0.3 is 0 Å². The lowest BCUT2D eigenvalue weighted by Crippen LogP contribution is -2.42. The van der Waals surface area contributed by atoms with Crippen LogP contribution in [0.3, 0.4) is 0 Å². The molecule has 2 aromatic rings. The fourth-order valence-corrected chi connectivity index (χ4v) is 12.2. The van der Waals surface area contributed by atoms with Crippen molar-refractivity contribution in [3.05, 3.63) is 77.7 Å². The van der Waals surface area contributed by atoms with E-state index in [1.807, 2.05) is 0 Å². The third kappa shape index (κ3) is 3.79. The molecule has 2 aliphatic rings. The van der Waals surface area contributed by atoms with Crippen LogP contribution in [0.5, 0.6) is 0 Å². The first-order valence-corrected chi connectivity index (χ1v) is 16.2. The zero-order chi connectivity index (χ0) is 22.8. The van der Waals surface area contributed by atoms with Crippen molar-refractivity contribution >= 4 is 52.1 Å². The quantitative estimate of drug-likeness (QED) is 0.328. The number of halogens is 2. The molecule has 0 saturated carbocycles. The van der Waals surface area contributed by atoms with Crippen LogP contribution >= 0.6 is 31.9 Å². The van der Waals surface area contributed by atoms with E-state index in [4.69, 9.17) is 0 Å². The van der Waals surface area contributed by atoms with Crippen molar-refractivity contribution in [1.29, 1.82) is 0 Å². The van der Waals surface area contributed by atoms with E-state index in [1.165, 1.54) is 42.3 Å². The summed E-state index contributed by atoms with van der Waals surface area (Å²) >= 11 is 7.80. The summed E-state index contributed by atoms with van der Waals surface area (Å²) in [5, 5.41) is 0. The molecule has 0 saturated heterocycles. The monoisotopic (exact) mass is 556 g/mol. The van der Waals surface area contributed by atoms with Gasteiger partial charge in [-0.25, -0.2) is 0 Å². The normalized spacial score (nSPS) is 20.3. The van der Waals surface area contributed by atoms with E-state index in [1.54, 1.807) is 11.1 Å². The van der Waals surface area contributed by atoms with Gasteiger partial charge in [-0.3, -0.25) is 0 Å². The minimum Gasteiger partial charge on any atom is -0.0679 e. The van der Waals surface area contributed by atoms with E-state index < -0.39 is 8.07 Å². The maximum absolute atomic E-state index is 3.90. The van der Waals surface area contributed by atoms with Gasteiger partial charge in [0.05, 0.1) is 8.07 Å². The Bertz CT molecular complexity index is 1030. The second-order valence-corrected chi connectivity index (χ2v) is 17.3. The number of fused-ring (bicyclic) bond motifs is 2. The molecule has 0 heterocycles. The summed E-state index contributed by atoms with van der Waals surface area (Å²) in [6, 6.07) is 9.66. The van der Waals surface area contributed by atoms with Crippen molar-refractivity contribution in [2.75, 3.05) is 0 Å². The van der Waals surface area contributed by atoms with E-state index in [0.717, 1.165) is 0 Å². The molecule has 0 nitrogen and oxygen atoms in total.